The van der Waals surface area contributed by atoms with Crippen molar-refractivity contribution in [3.63, 3.8) is 0 Å². The maximum atomic E-state index is 15.0. The van der Waals surface area contributed by atoms with E-state index in [4.69, 9.17) is 9.47 Å². The van der Waals surface area contributed by atoms with Crippen LogP contribution in [0.25, 0.3) is 5.69 Å². The summed E-state index contributed by atoms with van der Waals surface area (Å²) in [6, 6.07) is 19.8. The van der Waals surface area contributed by atoms with Crippen molar-refractivity contribution in [2.24, 2.45) is 5.92 Å². The van der Waals surface area contributed by atoms with Gasteiger partial charge in [0.15, 0.2) is 0 Å². The molecule has 7 rings (SSSR count). The van der Waals surface area contributed by atoms with E-state index in [0.717, 1.165) is 43.2 Å². The monoisotopic (exact) mass is 698 g/mol. The number of halogens is 2. The third-order valence-corrected chi connectivity index (χ3v) is 10.7. The Morgan fingerprint density at radius 3 is 2.25 bits per heavy atom. The summed E-state index contributed by atoms with van der Waals surface area (Å²) in [5.74, 6) is 0.445. The van der Waals surface area contributed by atoms with Crippen LogP contribution in [0.4, 0.5) is 8.78 Å². The summed E-state index contributed by atoms with van der Waals surface area (Å²) in [6.07, 6.45) is 9.29. The molecule has 5 aromatic rings. The molecule has 1 N–H and O–H groups in total. The van der Waals surface area contributed by atoms with E-state index in [2.05, 4.69) is 39.4 Å². The molecule has 51 heavy (non-hydrogen) atoms. The van der Waals surface area contributed by atoms with E-state index in [-0.39, 0.29) is 24.2 Å². The van der Waals surface area contributed by atoms with Crippen LogP contribution in [0.5, 0.6) is 5.75 Å². The molecule has 10 nitrogen and oxygen atoms in total. The average Bonchev–Trinajstić information content (AvgIpc) is 3.90. The van der Waals surface area contributed by atoms with Crippen molar-refractivity contribution in [1.82, 2.24) is 29.1 Å². The number of nitrogens with zero attached hydrogens (tertiary/aromatic N) is 6. The first kappa shape index (κ1) is 34.8. The van der Waals surface area contributed by atoms with E-state index in [1.807, 2.05) is 31.2 Å². The lowest BCUT2D eigenvalue weighted by Crippen LogP contribution is -2.32. The predicted molar refractivity (Wildman–Crippen MR) is 187 cm³/mol. The fourth-order valence-corrected chi connectivity index (χ4v) is 7.94. The van der Waals surface area contributed by atoms with E-state index in [1.165, 1.54) is 45.2 Å². The Morgan fingerprint density at radius 1 is 0.961 bits per heavy atom. The Balaban J connectivity index is 0.923. The van der Waals surface area contributed by atoms with Crippen molar-refractivity contribution in [3.05, 3.63) is 125 Å². The van der Waals surface area contributed by atoms with Gasteiger partial charge in [0.05, 0.1) is 37.6 Å². The second-order valence-electron chi connectivity index (χ2n) is 14.1. The summed E-state index contributed by atoms with van der Waals surface area (Å²) in [7, 11) is 0. The van der Waals surface area contributed by atoms with E-state index >= 15 is 0 Å². The van der Waals surface area contributed by atoms with E-state index in [1.54, 1.807) is 17.9 Å². The second-order valence-corrected chi connectivity index (χ2v) is 14.1. The Morgan fingerprint density at radius 2 is 1.65 bits per heavy atom. The fourth-order valence-electron chi connectivity index (χ4n) is 7.94. The minimum atomic E-state index is -1.01. The van der Waals surface area contributed by atoms with Gasteiger partial charge in [-0.3, -0.25) is 0 Å². The SMILES string of the molecule is CCC(C(C)O)n1ncn(-c2ccc(C3CCC(c4ccc(OCC5COC(Cn6cncn6)(c6ccc(F)cc6F)C5)cc4)CC3)cc2)c1=O. The zero-order valence-corrected chi connectivity index (χ0v) is 28.9. The molecule has 12 heteroatoms. The van der Waals surface area contributed by atoms with Gasteiger partial charge in [-0.15, -0.1) is 0 Å². The maximum Gasteiger partial charge on any atom is 0.350 e. The topological polar surface area (TPSA) is 109 Å². The lowest BCUT2D eigenvalue weighted by molar-refractivity contribution is -0.0206. The smallest absolute Gasteiger partial charge is 0.350 e. The molecule has 3 heterocycles. The summed E-state index contributed by atoms with van der Waals surface area (Å²) in [6.45, 7) is 4.65. The normalized spacial score (nSPS) is 23.3. The highest BCUT2D eigenvalue weighted by molar-refractivity contribution is 5.36. The highest BCUT2D eigenvalue weighted by Crippen LogP contribution is 2.43. The average molecular weight is 699 g/mol. The largest absolute Gasteiger partial charge is 0.493 e. The molecule has 0 bridgehead atoms. The zero-order valence-electron chi connectivity index (χ0n) is 28.9. The fraction of sp³-hybridized carbons (Fsp3) is 0.436. The molecule has 1 saturated carbocycles. The van der Waals surface area contributed by atoms with Crippen molar-refractivity contribution >= 4 is 0 Å². The Bertz CT molecular complexity index is 1950. The molecular weight excluding hydrogens is 654 g/mol. The summed E-state index contributed by atoms with van der Waals surface area (Å²) in [5.41, 5.74) is 2.39. The van der Waals surface area contributed by atoms with Crippen molar-refractivity contribution in [2.45, 2.75) is 88.5 Å². The van der Waals surface area contributed by atoms with Crippen LogP contribution in [0.3, 0.4) is 0 Å². The third kappa shape index (κ3) is 7.38. The Hall–Kier alpha value is -4.68. The Labute approximate surface area is 295 Å². The third-order valence-electron chi connectivity index (χ3n) is 10.7. The number of benzene rings is 3. The Kier molecular flexibility index (Phi) is 10.1. The molecule has 2 aromatic heterocycles. The highest BCUT2D eigenvalue weighted by atomic mass is 19.1. The molecule has 0 amide bonds. The summed E-state index contributed by atoms with van der Waals surface area (Å²) in [4.78, 5) is 17.0. The first-order chi connectivity index (χ1) is 24.7. The van der Waals surface area contributed by atoms with Gasteiger partial charge in [-0.05, 0) is 98.7 Å². The van der Waals surface area contributed by atoms with Crippen molar-refractivity contribution in [1.29, 1.82) is 0 Å². The minimum Gasteiger partial charge on any atom is -0.493 e. The van der Waals surface area contributed by atoms with E-state index in [0.29, 0.717) is 43.5 Å². The first-order valence-corrected chi connectivity index (χ1v) is 17.8. The van der Waals surface area contributed by atoms with Crippen LogP contribution in [0.1, 0.15) is 86.9 Å². The van der Waals surface area contributed by atoms with Gasteiger partial charge < -0.3 is 14.6 Å². The van der Waals surface area contributed by atoms with Gasteiger partial charge >= 0.3 is 5.69 Å². The number of aromatic nitrogens is 6. The summed E-state index contributed by atoms with van der Waals surface area (Å²) >= 11 is 0. The lowest BCUT2D eigenvalue weighted by Gasteiger charge is -2.29. The second kappa shape index (κ2) is 14.9. The summed E-state index contributed by atoms with van der Waals surface area (Å²) in [5, 5.41) is 18.5. The number of rotatable bonds is 12. The van der Waals surface area contributed by atoms with Gasteiger partial charge in [-0.2, -0.15) is 10.2 Å². The number of aliphatic hydroxyl groups is 1. The highest BCUT2D eigenvalue weighted by Gasteiger charge is 2.44. The number of aliphatic hydroxyl groups excluding tert-OH is 1. The molecule has 1 saturated heterocycles. The molecule has 268 valence electrons. The van der Waals surface area contributed by atoms with Crippen molar-refractivity contribution in [2.75, 3.05) is 13.2 Å². The van der Waals surface area contributed by atoms with Crippen LogP contribution in [0, 0.1) is 17.6 Å². The quantitative estimate of drug-likeness (QED) is 0.155. The molecule has 1 aliphatic heterocycles. The molecule has 1 aliphatic carbocycles. The predicted octanol–water partition coefficient (Wildman–Crippen LogP) is 6.69. The zero-order chi connectivity index (χ0) is 35.5. The van der Waals surface area contributed by atoms with Crippen LogP contribution in [-0.4, -0.2) is 53.5 Å². The van der Waals surface area contributed by atoms with Gasteiger partial charge in [-0.1, -0.05) is 37.3 Å². The van der Waals surface area contributed by atoms with Crippen LogP contribution < -0.4 is 10.4 Å². The molecule has 4 unspecified atom stereocenters. The summed E-state index contributed by atoms with van der Waals surface area (Å²) < 4.78 is 45.7. The van der Waals surface area contributed by atoms with Gasteiger partial charge in [0.1, 0.15) is 42.0 Å². The molecule has 0 spiro atoms. The van der Waals surface area contributed by atoms with Crippen LogP contribution in [0.15, 0.2) is 90.5 Å². The van der Waals surface area contributed by atoms with E-state index in [9.17, 15) is 18.7 Å². The first-order valence-electron chi connectivity index (χ1n) is 17.8. The standard InChI is InChI=1S/C39H44F2N6O4/c1-3-37(26(2)48)47-38(49)46(25-44-47)33-13-8-30(9-14-33)28-4-6-29(7-5-28)31-10-15-34(16-11-31)50-20-27-19-39(51-21-27,22-45-24-42-23-43-45)35-17-12-32(40)18-36(35)41/h8-18,23-29,37,48H,3-7,19-22H2,1-2H3. The van der Waals surface area contributed by atoms with Gasteiger partial charge in [-0.25, -0.2) is 32.5 Å². The van der Waals surface area contributed by atoms with Crippen LogP contribution >= 0.6 is 0 Å². The van der Waals surface area contributed by atoms with Crippen molar-refractivity contribution < 1.29 is 23.4 Å². The minimum absolute atomic E-state index is 0.00385. The number of ether oxygens (including phenoxy) is 2. The van der Waals surface area contributed by atoms with E-state index < -0.39 is 23.3 Å². The molecular formula is C39H44F2N6O4. The molecule has 2 aliphatic rings. The number of hydrogen-bond donors (Lipinski definition) is 1. The van der Waals surface area contributed by atoms with Gasteiger partial charge in [0, 0.05) is 17.5 Å². The van der Waals surface area contributed by atoms with Crippen LogP contribution in [0.2, 0.25) is 0 Å². The molecule has 0 radical (unpaired) electrons. The van der Waals surface area contributed by atoms with Crippen molar-refractivity contribution in [3.8, 4) is 11.4 Å². The van der Waals surface area contributed by atoms with Gasteiger partial charge in [0.2, 0.25) is 0 Å². The molecule has 4 atom stereocenters. The lowest BCUT2D eigenvalue weighted by atomic mass is 9.76. The molecule has 2 fully saturated rings. The number of hydrogen-bond acceptors (Lipinski definition) is 7. The van der Waals surface area contributed by atoms with Gasteiger partial charge in [0.25, 0.3) is 0 Å². The maximum absolute atomic E-state index is 15.0. The molecule has 3 aromatic carbocycles. The van der Waals surface area contributed by atoms with Crippen LogP contribution in [-0.2, 0) is 16.9 Å².